The van der Waals surface area contributed by atoms with E-state index in [0.717, 1.165) is 5.56 Å². The minimum absolute atomic E-state index is 0.0804. The lowest BCUT2D eigenvalue weighted by Crippen LogP contribution is -2.22. The van der Waals surface area contributed by atoms with Crippen LogP contribution in [0.15, 0.2) is 42.5 Å². The second-order valence-electron chi connectivity index (χ2n) is 4.98. The first-order chi connectivity index (χ1) is 9.56. The maximum atomic E-state index is 12.0. The molecule has 2 nitrogen and oxygen atoms in total. The van der Waals surface area contributed by atoms with E-state index in [4.69, 9.17) is 11.6 Å². The number of hydrogen-bond donors (Lipinski definition) is 1. The number of Topliss-reactive ketones (excluding diaryl/α,β-unsaturated/α-hetero) is 1. The first-order valence-electron chi connectivity index (χ1n) is 6.62. The molecule has 0 aliphatic heterocycles. The van der Waals surface area contributed by atoms with Gasteiger partial charge in [-0.1, -0.05) is 41.4 Å². The topological polar surface area (TPSA) is 29.1 Å². The van der Waals surface area contributed by atoms with Crippen LogP contribution in [0.1, 0.15) is 27.0 Å². The highest BCUT2D eigenvalue weighted by Gasteiger charge is 2.06. The lowest BCUT2D eigenvalue weighted by Gasteiger charge is -2.06. The maximum absolute atomic E-state index is 12.0. The quantitative estimate of drug-likeness (QED) is 0.844. The fraction of sp³-hybridized carbons (Fsp3) is 0.235. The van der Waals surface area contributed by atoms with Crippen molar-refractivity contribution in [1.82, 2.24) is 5.32 Å². The monoisotopic (exact) mass is 287 g/mol. The van der Waals surface area contributed by atoms with E-state index in [1.54, 1.807) is 12.1 Å². The molecule has 0 aromatic heterocycles. The van der Waals surface area contributed by atoms with Gasteiger partial charge in [0.2, 0.25) is 0 Å². The van der Waals surface area contributed by atoms with E-state index in [-0.39, 0.29) is 5.78 Å². The van der Waals surface area contributed by atoms with Crippen LogP contribution >= 0.6 is 11.6 Å². The van der Waals surface area contributed by atoms with Crippen molar-refractivity contribution >= 4 is 17.4 Å². The van der Waals surface area contributed by atoms with Gasteiger partial charge < -0.3 is 5.32 Å². The van der Waals surface area contributed by atoms with Crippen molar-refractivity contribution in [3.8, 4) is 0 Å². The van der Waals surface area contributed by atoms with Gasteiger partial charge in [0.05, 0.1) is 6.54 Å². The van der Waals surface area contributed by atoms with Crippen LogP contribution in [-0.4, -0.2) is 12.3 Å². The number of ketones is 1. The highest BCUT2D eigenvalue weighted by Crippen LogP contribution is 2.16. The Hall–Kier alpha value is -1.64. The van der Waals surface area contributed by atoms with Gasteiger partial charge in [0.1, 0.15) is 0 Å². The molecule has 20 heavy (non-hydrogen) atoms. The fourth-order valence-electron chi connectivity index (χ4n) is 1.95. The smallest absolute Gasteiger partial charge is 0.176 e. The zero-order valence-corrected chi connectivity index (χ0v) is 12.5. The maximum Gasteiger partial charge on any atom is 0.176 e. The third kappa shape index (κ3) is 3.92. The fourth-order valence-corrected chi connectivity index (χ4v) is 2.06. The van der Waals surface area contributed by atoms with Crippen molar-refractivity contribution in [3.05, 3.63) is 69.7 Å². The van der Waals surface area contributed by atoms with Crippen LogP contribution in [0, 0.1) is 13.8 Å². The third-order valence-corrected chi connectivity index (χ3v) is 3.64. The van der Waals surface area contributed by atoms with E-state index in [1.165, 1.54) is 11.1 Å². The summed E-state index contributed by atoms with van der Waals surface area (Å²) in [5, 5.41) is 3.86. The molecule has 3 heteroatoms. The van der Waals surface area contributed by atoms with Crippen LogP contribution < -0.4 is 5.32 Å². The van der Waals surface area contributed by atoms with Gasteiger partial charge in [0.15, 0.2) is 5.78 Å². The molecule has 0 heterocycles. The molecule has 0 saturated heterocycles. The van der Waals surface area contributed by atoms with Gasteiger partial charge in [0.25, 0.3) is 0 Å². The van der Waals surface area contributed by atoms with Crippen molar-refractivity contribution in [2.75, 3.05) is 6.54 Å². The number of halogens is 1. The lowest BCUT2D eigenvalue weighted by atomic mass is 10.1. The number of hydrogen-bond acceptors (Lipinski definition) is 2. The van der Waals surface area contributed by atoms with Crippen LogP contribution in [0.25, 0.3) is 0 Å². The van der Waals surface area contributed by atoms with E-state index >= 15 is 0 Å². The van der Waals surface area contributed by atoms with Gasteiger partial charge in [-0.3, -0.25) is 4.79 Å². The van der Waals surface area contributed by atoms with E-state index in [9.17, 15) is 4.79 Å². The average molecular weight is 288 g/mol. The molecule has 0 bridgehead atoms. The summed E-state index contributed by atoms with van der Waals surface area (Å²) >= 11 is 5.96. The Kier molecular flexibility index (Phi) is 4.94. The Bertz CT molecular complexity index is 605. The molecular weight excluding hydrogens is 270 g/mol. The van der Waals surface area contributed by atoms with Crippen molar-refractivity contribution in [1.29, 1.82) is 0 Å². The Morgan fingerprint density at radius 3 is 2.45 bits per heavy atom. The lowest BCUT2D eigenvalue weighted by molar-refractivity contribution is 0.0990. The second kappa shape index (κ2) is 6.69. The van der Waals surface area contributed by atoms with Crippen LogP contribution in [0.2, 0.25) is 5.02 Å². The molecule has 2 aromatic rings. The number of rotatable bonds is 5. The van der Waals surface area contributed by atoms with Gasteiger partial charge in [-0.05, 0) is 43.2 Å². The van der Waals surface area contributed by atoms with Crippen LogP contribution in [-0.2, 0) is 6.54 Å². The van der Waals surface area contributed by atoms with E-state index in [1.807, 2.05) is 13.0 Å². The molecule has 0 atom stereocenters. The standard InChI is InChI=1S/C17H18ClNO/c1-12-3-5-14(6-4-12)10-19-11-17(20)15-7-8-16(18)13(2)9-15/h3-9,19H,10-11H2,1-2H3. The summed E-state index contributed by atoms with van der Waals surface area (Å²) in [7, 11) is 0. The largest absolute Gasteiger partial charge is 0.306 e. The Labute approximate surface area is 124 Å². The summed E-state index contributed by atoms with van der Waals surface area (Å²) in [4.78, 5) is 12.0. The predicted molar refractivity (Wildman–Crippen MR) is 83.4 cm³/mol. The van der Waals surface area contributed by atoms with E-state index in [2.05, 4.69) is 36.5 Å². The van der Waals surface area contributed by atoms with Gasteiger partial charge >= 0.3 is 0 Å². The molecule has 1 N–H and O–H groups in total. The van der Waals surface area contributed by atoms with Crippen molar-refractivity contribution in [3.63, 3.8) is 0 Å². The number of aryl methyl sites for hydroxylation is 2. The molecule has 0 radical (unpaired) electrons. The van der Waals surface area contributed by atoms with Crippen molar-refractivity contribution in [2.45, 2.75) is 20.4 Å². The molecule has 0 spiro atoms. The molecule has 2 rings (SSSR count). The van der Waals surface area contributed by atoms with Crippen molar-refractivity contribution in [2.24, 2.45) is 0 Å². The summed E-state index contributed by atoms with van der Waals surface area (Å²) in [6.45, 7) is 4.98. The highest BCUT2D eigenvalue weighted by molar-refractivity contribution is 6.31. The first kappa shape index (κ1) is 14.8. The summed E-state index contributed by atoms with van der Waals surface area (Å²) < 4.78 is 0. The Morgan fingerprint density at radius 1 is 1.10 bits per heavy atom. The Morgan fingerprint density at radius 2 is 1.80 bits per heavy atom. The van der Waals surface area contributed by atoms with E-state index in [0.29, 0.717) is 23.7 Å². The summed E-state index contributed by atoms with van der Waals surface area (Å²) in [6, 6.07) is 13.6. The molecule has 0 amide bonds. The average Bonchev–Trinajstić information content (AvgIpc) is 2.44. The summed E-state index contributed by atoms with van der Waals surface area (Å²) in [5.41, 5.74) is 4.04. The number of nitrogens with one attached hydrogen (secondary N) is 1. The molecule has 104 valence electrons. The molecule has 0 saturated carbocycles. The summed E-state index contributed by atoms with van der Waals surface area (Å²) in [5.74, 6) is 0.0804. The zero-order chi connectivity index (χ0) is 14.5. The van der Waals surface area contributed by atoms with Crippen LogP contribution in [0.5, 0.6) is 0 Å². The van der Waals surface area contributed by atoms with Gasteiger partial charge in [-0.2, -0.15) is 0 Å². The molecule has 0 unspecified atom stereocenters. The number of carbonyl (C=O) groups excluding carboxylic acids is 1. The van der Waals surface area contributed by atoms with E-state index < -0.39 is 0 Å². The SMILES string of the molecule is Cc1ccc(CNCC(=O)c2ccc(Cl)c(C)c2)cc1. The normalized spacial score (nSPS) is 10.6. The number of benzene rings is 2. The predicted octanol–water partition coefficient (Wildman–Crippen LogP) is 3.93. The van der Waals surface area contributed by atoms with Crippen LogP contribution in [0.4, 0.5) is 0 Å². The first-order valence-corrected chi connectivity index (χ1v) is 6.99. The molecule has 2 aromatic carbocycles. The highest BCUT2D eigenvalue weighted by atomic mass is 35.5. The Balaban J connectivity index is 1.88. The molecular formula is C17H18ClNO. The van der Waals surface area contributed by atoms with Gasteiger partial charge in [-0.25, -0.2) is 0 Å². The van der Waals surface area contributed by atoms with Gasteiger partial charge in [-0.15, -0.1) is 0 Å². The second-order valence-corrected chi connectivity index (χ2v) is 5.38. The van der Waals surface area contributed by atoms with Gasteiger partial charge in [0, 0.05) is 17.1 Å². The number of carbonyl (C=O) groups is 1. The minimum atomic E-state index is 0.0804. The molecule has 0 aliphatic rings. The molecule has 0 fully saturated rings. The van der Waals surface area contributed by atoms with Crippen LogP contribution in [0.3, 0.4) is 0 Å². The molecule has 0 aliphatic carbocycles. The summed E-state index contributed by atoms with van der Waals surface area (Å²) in [6.07, 6.45) is 0. The zero-order valence-electron chi connectivity index (χ0n) is 11.7. The van der Waals surface area contributed by atoms with Crippen molar-refractivity contribution < 1.29 is 4.79 Å². The third-order valence-electron chi connectivity index (χ3n) is 3.22. The minimum Gasteiger partial charge on any atom is -0.306 e.